The van der Waals surface area contributed by atoms with E-state index in [1.807, 2.05) is 12.2 Å². The molecule has 1 rings (SSSR count). The largest absolute Gasteiger partial charge is 0.243 e. The quantitative estimate of drug-likeness (QED) is 0.443. The van der Waals surface area contributed by atoms with Crippen LogP contribution in [0.5, 0.6) is 0 Å². The summed E-state index contributed by atoms with van der Waals surface area (Å²) in [7, 11) is 2.15. The molecule has 1 aliphatic rings. The SMILES string of the molecule is CCCCCC[B]C1=CC(F)CC=C1. The van der Waals surface area contributed by atoms with Gasteiger partial charge in [-0.3, -0.25) is 0 Å². The molecule has 0 saturated heterocycles. The summed E-state index contributed by atoms with van der Waals surface area (Å²) in [5.74, 6) is 0. The van der Waals surface area contributed by atoms with E-state index in [-0.39, 0.29) is 0 Å². The van der Waals surface area contributed by atoms with E-state index in [1.165, 1.54) is 25.7 Å². The average Bonchev–Trinajstić information content (AvgIpc) is 2.18. The van der Waals surface area contributed by atoms with E-state index in [9.17, 15) is 4.39 Å². The summed E-state index contributed by atoms with van der Waals surface area (Å²) in [6.45, 7) is 2.21. The smallest absolute Gasteiger partial charge is 0.151 e. The second-order valence-electron chi connectivity index (χ2n) is 3.87. The van der Waals surface area contributed by atoms with Gasteiger partial charge in [0.15, 0.2) is 7.28 Å². The maximum atomic E-state index is 12.9. The number of halogens is 1. The molecule has 0 aromatic heterocycles. The Labute approximate surface area is 87.5 Å². The Morgan fingerprint density at radius 2 is 2.29 bits per heavy atom. The molecule has 1 radical (unpaired) electrons. The van der Waals surface area contributed by atoms with Crippen LogP contribution in [0.1, 0.15) is 39.0 Å². The van der Waals surface area contributed by atoms with Gasteiger partial charge < -0.3 is 0 Å². The second-order valence-corrected chi connectivity index (χ2v) is 3.87. The summed E-state index contributed by atoms with van der Waals surface area (Å²) in [5, 5.41) is 0. The van der Waals surface area contributed by atoms with Crippen molar-refractivity contribution in [2.75, 3.05) is 0 Å². The van der Waals surface area contributed by atoms with E-state index >= 15 is 0 Å². The fourth-order valence-corrected chi connectivity index (χ4v) is 1.64. The van der Waals surface area contributed by atoms with Crippen LogP contribution in [0.15, 0.2) is 23.7 Å². The lowest BCUT2D eigenvalue weighted by Gasteiger charge is -2.08. The zero-order chi connectivity index (χ0) is 10.2. The molecule has 0 bridgehead atoms. The zero-order valence-electron chi connectivity index (χ0n) is 9.01. The fraction of sp³-hybridized carbons (Fsp3) is 0.667. The van der Waals surface area contributed by atoms with Crippen LogP contribution < -0.4 is 0 Å². The van der Waals surface area contributed by atoms with Gasteiger partial charge >= 0.3 is 0 Å². The van der Waals surface area contributed by atoms with Crippen LogP contribution in [0.3, 0.4) is 0 Å². The number of allylic oxidation sites excluding steroid dienone is 4. The van der Waals surface area contributed by atoms with E-state index in [2.05, 4.69) is 14.2 Å². The highest BCUT2D eigenvalue weighted by atomic mass is 19.1. The summed E-state index contributed by atoms with van der Waals surface area (Å²) in [6, 6.07) is 0. The Morgan fingerprint density at radius 3 is 3.00 bits per heavy atom. The molecular formula is C12H19BF. The van der Waals surface area contributed by atoms with Crippen molar-refractivity contribution in [2.45, 2.75) is 51.5 Å². The third-order valence-electron chi connectivity index (χ3n) is 2.48. The maximum absolute atomic E-state index is 12.9. The zero-order valence-corrected chi connectivity index (χ0v) is 9.01. The predicted octanol–water partition coefficient (Wildman–Crippen LogP) is 3.87. The molecule has 0 heterocycles. The van der Waals surface area contributed by atoms with Gasteiger partial charge in [0.1, 0.15) is 6.17 Å². The molecular weight excluding hydrogens is 174 g/mol. The molecule has 0 saturated carbocycles. The molecule has 1 aliphatic carbocycles. The van der Waals surface area contributed by atoms with Gasteiger partial charge in [-0.05, 0) is 0 Å². The standard InChI is InChI=1S/C12H19BF/c1-2-3-4-5-9-13-11-7-6-8-12(14)10-11/h6-7,10,12H,2-5,8-9H2,1H3. The molecule has 0 amide bonds. The van der Waals surface area contributed by atoms with Gasteiger partial charge in [-0.15, -0.1) is 0 Å². The van der Waals surface area contributed by atoms with Crippen molar-refractivity contribution < 1.29 is 4.39 Å². The molecule has 1 atom stereocenters. The van der Waals surface area contributed by atoms with Crippen molar-refractivity contribution in [3.63, 3.8) is 0 Å². The van der Waals surface area contributed by atoms with Crippen LogP contribution >= 0.6 is 0 Å². The van der Waals surface area contributed by atoms with E-state index in [1.54, 1.807) is 6.08 Å². The van der Waals surface area contributed by atoms with Gasteiger partial charge in [-0.2, -0.15) is 0 Å². The van der Waals surface area contributed by atoms with Crippen molar-refractivity contribution in [2.24, 2.45) is 0 Å². The molecule has 0 N–H and O–H groups in total. The molecule has 0 spiro atoms. The first kappa shape index (κ1) is 11.5. The summed E-state index contributed by atoms with van der Waals surface area (Å²) < 4.78 is 12.9. The lowest BCUT2D eigenvalue weighted by Crippen LogP contribution is -2.04. The number of alkyl halides is 1. The average molecular weight is 193 g/mol. The monoisotopic (exact) mass is 193 g/mol. The Kier molecular flexibility index (Phi) is 5.66. The minimum Gasteiger partial charge on any atom is -0.243 e. The Hall–Kier alpha value is -0.525. The molecule has 0 aromatic rings. The molecule has 1 unspecified atom stereocenters. The highest BCUT2D eigenvalue weighted by Gasteiger charge is 2.06. The number of rotatable bonds is 6. The molecule has 14 heavy (non-hydrogen) atoms. The first-order valence-corrected chi connectivity index (χ1v) is 5.68. The third kappa shape index (κ3) is 4.64. The molecule has 2 heteroatoms. The lowest BCUT2D eigenvalue weighted by atomic mass is 9.64. The van der Waals surface area contributed by atoms with Gasteiger partial charge in [0.25, 0.3) is 0 Å². The van der Waals surface area contributed by atoms with Crippen molar-refractivity contribution in [3.8, 4) is 0 Å². The topological polar surface area (TPSA) is 0 Å². The summed E-state index contributed by atoms with van der Waals surface area (Å²) in [5.41, 5.74) is 1.07. The maximum Gasteiger partial charge on any atom is 0.151 e. The Morgan fingerprint density at radius 1 is 1.43 bits per heavy atom. The summed E-state index contributed by atoms with van der Waals surface area (Å²) in [4.78, 5) is 0. The van der Waals surface area contributed by atoms with Crippen LogP contribution in [-0.2, 0) is 0 Å². The van der Waals surface area contributed by atoms with Crippen LogP contribution in [-0.4, -0.2) is 13.5 Å². The van der Waals surface area contributed by atoms with Crippen LogP contribution in [0.25, 0.3) is 0 Å². The van der Waals surface area contributed by atoms with E-state index in [0.29, 0.717) is 6.42 Å². The van der Waals surface area contributed by atoms with Crippen LogP contribution in [0.4, 0.5) is 4.39 Å². The first-order valence-electron chi connectivity index (χ1n) is 5.68. The molecule has 0 fully saturated rings. The number of hydrogen-bond acceptors (Lipinski definition) is 0. The van der Waals surface area contributed by atoms with Crippen molar-refractivity contribution in [1.82, 2.24) is 0 Å². The minimum atomic E-state index is -0.762. The summed E-state index contributed by atoms with van der Waals surface area (Å²) >= 11 is 0. The second kappa shape index (κ2) is 6.86. The fourth-order valence-electron chi connectivity index (χ4n) is 1.64. The molecule has 0 aromatic carbocycles. The highest BCUT2D eigenvalue weighted by molar-refractivity contribution is 6.46. The van der Waals surface area contributed by atoms with Gasteiger partial charge in [0.05, 0.1) is 0 Å². The number of unbranched alkanes of at least 4 members (excludes halogenated alkanes) is 3. The third-order valence-corrected chi connectivity index (χ3v) is 2.48. The lowest BCUT2D eigenvalue weighted by molar-refractivity contribution is 0.401. The predicted molar refractivity (Wildman–Crippen MR) is 61.4 cm³/mol. The minimum absolute atomic E-state index is 0.549. The highest BCUT2D eigenvalue weighted by Crippen LogP contribution is 2.14. The molecule has 0 nitrogen and oxygen atoms in total. The molecule has 0 aliphatic heterocycles. The van der Waals surface area contributed by atoms with Crippen LogP contribution in [0.2, 0.25) is 6.32 Å². The Balaban J connectivity index is 2.09. The van der Waals surface area contributed by atoms with E-state index in [0.717, 1.165) is 11.8 Å². The first-order chi connectivity index (χ1) is 6.83. The van der Waals surface area contributed by atoms with E-state index < -0.39 is 6.17 Å². The van der Waals surface area contributed by atoms with Gasteiger partial charge in [-0.1, -0.05) is 62.6 Å². The van der Waals surface area contributed by atoms with Crippen molar-refractivity contribution in [3.05, 3.63) is 23.7 Å². The van der Waals surface area contributed by atoms with Gasteiger partial charge in [-0.25, -0.2) is 4.39 Å². The van der Waals surface area contributed by atoms with Crippen molar-refractivity contribution >= 4 is 7.28 Å². The van der Waals surface area contributed by atoms with Crippen LogP contribution in [0, 0.1) is 0 Å². The number of hydrogen-bond donors (Lipinski definition) is 0. The van der Waals surface area contributed by atoms with Gasteiger partial charge in [0, 0.05) is 6.42 Å². The van der Waals surface area contributed by atoms with E-state index in [4.69, 9.17) is 0 Å². The molecule has 77 valence electrons. The summed E-state index contributed by atoms with van der Waals surface area (Å²) in [6.07, 6.45) is 11.7. The Bertz CT molecular complexity index is 208. The van der Waals surface area contributed by atoms with Gasteiger partial charge in [0.2, 0.25) is 0 Å². The van der Waals surface area contributed by atoms with Crippen molar-refractivity contribution in [1.29, 1.82) is 0 Å². The normalized spacial score (nSPS) is 20.7.